The Morgan fingerprint density at radius 3 is 2.76 bits per heavy atom. The Morgan fingerprint density at radius 1 is 1.33 bits per heavy atom. The van der Waals surface area contributed by atoms with E-state index in [0.717, 1.165) is 12.3 Å². The largest absolute Gasteiger partial charge is 0.355 e. The molecule has 0 spiro atoms. The van der Waals surface area contributed by atoms with Gasteiger partial charge in [0.1, 0.15) is 11.4 Å². The molecule has 0 aliphatic carbocycles. The van der Waals surface area contributed by atoms with Gasteiger partial charge in [-0.3, -0.25) is 9.59 Å². The molecule has 0 aliphatic heterocycles. The molecule has 2 N–H and O–H groups in total. The van der Waals surface area contributed by atoms with Crippen LogP contribution in [-0.4, -0.2) is 22.9 Å². The van der Waals surface area contributed by atoms with E-state index in [-0.39, 0.29) is 17.0 Å². The predicted molar refractivity (Wildman–Crippen MR) is 73.5 cm³/mol. The molecule has 0 aliphatic rings. The van der Waals surface area contributed by atoms with E-state index in [1.165, 1.54) is 31.3 Å². The molecule has 2 rings (SSSR count). The number of hydrogen-bond acceptors (Lipinski definition) is 3. The van der Waals surface area contributed by atoms with E-state index in [1.807, 2.05) is 0 Å². The topological polar surface area (TPSA) is 74.8 Å². The van der Waals surface area contributed by atoms with Crippen molar-refractivity contribution in [3.05, 3.63) is 63.3 Å². The third-order valence-corrected chi connectivity index (χ3v) is 2.69. The van der Waals surface area contributed by atoms with Crippen LogP contribution in [0.2, 0.25) is 0 Å². The number of aromatic nitrogens is 2. The van der Waals surface area contributed by atoms with Gasteiger partial charge in [-0.15, -0.1) is 0 Å². The van der Waals surface area contributed by atoms with E-state index in [9.17, 15) is 18.4 Å². The van der Waals surface area contributed by atoms with Crippen LogP contribution in [0, 0.1) is 11.6 Å². The maximum Gasteiger partial charge on any atom is 0.263 e. The molecule has 1 heterocycles. The smallest absolute Gasteiger partial charge is 0.263 e. The molecule has 0 fully saturated rings. The standard InChI is InChI=1S/C14H11F2N3O2/c1-17-13(20)9-7-18-11(19-14(9)21)6-5-8-3-2-4-10(15)12(8)16/h2-7H,1H3,(H,17,20)(H,18,19,21)/b6-5-. The zero-order chi connectivity index (χ0) is 15.4. The Balaban J connectivity index is 2.30. The second-order valence-electron chi connectivity index (χ2n) is 4.07. The van der Waals surface area contributed by atoms with Gasteiger partial charge in [-0.05, 0) is 18.2 Å². The number of aromatic amines is 1. The number of carbonyl (C=O) groups is 1. The van der Waals surface area contributed by atoms with Gasteiger partial charge in [0.2, 0.25) is 0 Å². The lowest BCUT2D eigenvalue weighted by Crippen LogP contribution is -2.27. The van der Waals surface area contributed by atoms with Gasteiger partial charge in [0.15, 0.2) is 11.6 Å². The van der Waals surface area contributed by atoms with Gasteiger partial charge in [-0.25, -0.2) is 13.8 Å². The number of amides is 1. The molecule has 0 saturated carbocycles. The second-order valence-corrected chi connectivity index (χ2v) is 4.07. The first-order valence-electron chi connectivity index (χ1n) is 5.96. The van der Waals surface area contributed by atoms with Crippen LogP contribution in [0.5, 0.6) is 0 Å². The van der Waals surface area contributed by atoms with Crippen molar-refractivity contribution in [1.82, 2.24) is 15.3 Å². The normalized spacial score (nSPS) is 10.8. The molecule has 0 atom stereocenters. The molecule has 0 radical (unpaired) electrons. The molecule has 0 bridgehead atoms. The molecule has 7 heteroatoms. The van der Waals surface area contributed by atoms with Crippen molar-refractivity contribution in [3.8, 4) is 0 Å². The predicted octanol–water partition coefficient (Wildman–Crippen LogP) is 1.58. The maximum absolute atomic E-state index is 13.4. The lowest BCUT2D eigenvalue weighted by Gasteiger charge is -2.00. The van der Waals surface area contributed by atoms with E-state index in [4.69, 9.17) is 0 Å². The fourth-order valence-electron chi connectivity index (χ4n) is 1.61. The first kappa shape index (κ1) is 14.6. The number of hydrogen-bond donors (Lipinski definition) is 2. The summed E-state index contributed by atoms with van der Waals surface area (Å²) in [5, 5.41) is 2.30. The van der Waals surface area contributed by atoms with Gasteiger partial charge in [-0.1, -0.05) is 12.1 Å². The SMILES string of the molecule is CNC(=O)c1cnc(/C=C\c2cccc(F)c2F)[nH]c1=O. The monoisotopic (exact) mass is 291 g/mol. The Morgan fingerprint density at radius 2 is 2.10 bits per heavy atom. The number of carbonyl (C=O) groups excluding carboxylic acids is 1. The van der Waals surface area contributed by atoms with Gasteiger partial charge in [0, 0.05) is 18.8 Å². The summed E-state index contributed by atoms with van der Waals surface area (Å²) in [5.41, 5.74) is -0.733. The molecular formula is C14H11F2N3O2. The summed E-state index contributed by atoms with van der Waals surface area (Å²) in [6.07, 6.45) is 3.70. The summed E-state index contributed by atoms with van der Waals surface area (Å²) in [6.45, 7) is 0. The van der Waals surface area contributed by atoms with Crippen molar-refractivity contribution in [2.24, 2.45) is 0 Å². The minimum atomic E-state index is -0.988. The average Bonchev–Trinajstić information content (AvgIpc) is 2.48. The molecule has 108 valence electrons. The molecule has 21 heavy (non-hydrogen) atoms. The van der Waals surface area contributed by atoms with Crippen LogP contribution in [0.3, 0.4) is 0 Å². The van der Waals surface area contributed by atoms with Crippen LogP contribution < -0.4 is 10.9 Å². The fourth-order valence-corrected chi connectivity index (χ4v) is 1.61. The minimum Gasteiger partial charge on any atom is -0.355 e. The lowest BCUT2D eigenvalue weighted by atomic mass is 10.2. The molecular weight excluding hydrogens is 280 g/mol. The van der Waals surface area contributed by atoms with Crippen molar-refractivity contribution in [3.63, 3.8) is 0 Å². The van der Waals surface area contributed by atoms with Crippen molar-refractivity contribution in [2.45, 2.75) is 0 Å². The second kappa shape index (κ2) is 6.08. The first-order valence-corrected chi connectivity index (χ1v) is 5.96. The number of rotatable bonds is 3. The third-order valence-electron chi connectivity index (χ3n) is 2.69. The molecule has 2 aromatic rings. The molecule has 1 amide bonds. The average molecular weight is 291 g/mol. The summed E-state index contributed by atoms with van der Waals surface area (Å²) < 4.78 is 26.5. The van der Waals surface area contributed by atoms with Crippen LogP contribution in [-0.2, 0) is 0 Å². The molecule has 0 saturated heterocycles. The van der Waals surface area contributed by atoms with Crippen LogP contribution in [0.4, 0.5) is 8.78 Å². The van der Waals surface area contributed by atoms with E-state index in [1.54, 1.807) is 0 Å². The maximum atomic E-state index is 13.4. The Kier molecular flexibility index (Phi) is 4.22. The van der Waals surface area contributed by atoms with Gasteiger partial charge >= 0.3 is 0 Å². The van der Waals surface area contributed by atoms with Crippen molar-refractivity contribution >= 4 is 18.1 Å². The zero-order valence-electron chi connectivity index (χ0n) is 11.0. The highest BCUT2D eigenvalue weighted by molar-refractivity contribution is 5.93. The molecule has 5 nitrogen and oxygen atoms in total. The van der Waals surface area contributed by atoms with Crippen molar-refractivity contribution in [1.29, 1.82) is 0 Å². The summed E-state index contributed by atoms with van der Waals surface area (Å²) in [5.74, 6) is -2.39. The Bertz CT molecular complexity index is 769. The van der Waals surface area contributed by atoms with E-state index in [2.05, 4.69) is 15.3 Å². The number of H-pyrrole nitrogens is 1. The summed E-state index contributed by atoms with van der Waals surface area (Å²) in [7, 11) is 1.39. The number of benzene rings is 1. The van der Waals surface area contributed by atoms with Crippen molar-refractivity contribution < 1.29 is 13.6 Å². The van der Waals surface area contributed by atoms with Crippen molar-refractivity contribution in [2.75, 3.05) is 7.05 Å². The van der Waals surface area contributed by atoms with E-state index >= 15 is 0 Å². The quantitative estimate of drug-likeness (QED) is 0.901. The summed E-state index contributed by atoms with van der Waals surface area (Å²) >= 11 is 0. The minimum absolute atomic E-state index is 0.0213. The highest BCUT2D eigenvalue weighted by atomic mass is 19.2. The lowest BCUT2D eigenvalue weighted by molar-refractivity contribution is 0.0961. The van der Waals surface area contributed by atoms with Crippen LogP contribution in [0.15, 0.2) is 29.2 Å². The van der Waals surface area contributed by atoms with Gasteiger partial charge in [-0.2, -0.15) is 0 Å². The third kappa shape index (κ3) is 3.19. The number of halogens is 2. The van der Waals surface area contributed by atoms with E-state index < -0.39 is 23.1 Å². The number of nitrogens with zero attached hydrogens (tertiary/aromatic N) is 1. The highest BCUT2D eigenvalue weighted by Crippen LogP contribution is 2.13. The first-order chi connectivity index (χ1) is 10.0. The summed E-state index contributed by atoms with van der Waals surface area (Å²) in [6, 6.07) is 3.75. The number of nitrogens with one attached hydrogen (secondary N) is 2. The Hall–Kier alpha value is -2.83. The highest BCUT2D eigenvalue weighted by Gasteiger charge is 2.09. The van der Waals surface area contributed by atoms with Crippen LogP contribution in [0.1, 0.15) is 21.7 Å². The summed E-state index contributed by atoms with van der Waals surface area (Å²) in [4.78, 5) is 29.2. The molecule has 1 aromatic carbocycles. The van der Waals surface area contributed by atoms with Gasteiger partial charge in [0.25, 0.3) is 11.5 Å². The van der Waals surface area contributed by atoms with Gasteiger partial charge < -0.3 is 10.3 Å². The zero-order valence-corrected chi connectivity index (χ0v) is 11.0. The van der Waals surface area contributed by atoms with Crippen LogP contribution in [0.25, 0.3) is 12.2 Å². The molecule has 0 unspecified atom stereocenters. The Labute approximate surface area is 118 Å². The van der Waals surface area contributed by atoms with E-state index in [0.29, 0.717) is 0 Å². The molecule has 1 aromatic heterocycles. The fraction of sp³-hybridized carbons (Fsp3) is 0.0714. The van der Waals surface area contributed by atoms with Crippen LogP contribution >= 0.6 is 0 Å². The van der Waals surface area contributed by atoms with Gasteiger partial charge in [0.05, 0.1) is 0 Å².